The number of para-hydroxylation sites is 1. The van der Waals surface area contributed by atoms with Crippen LogP contribution in [0.5, 0.6) is 0 Å². The monoisotopic (exact) mass is 709 g/mol. The number of anilines is 2. The second-order valence-corrected chi connectivity index (χ2v) is 23.8. The van der Waals surface area contributed by atoms with Gasteiger partial charge in [-0.2, -0.15) is 18.2 Å². The van der Waals surface area contributed by atoms with Crippen molar-refractivity contribution < 1.29 is 30.9 Å². The van der Waals surface area contributed by atoms with Crippen molar-refractivity contribution in [1.82, 2.24) is 15.0 Å². The maximum Gasteiger partial charge on any atom is 0.405 e. The highest BCUT2D eigenvalue weighted by molar-refractivity contribution is 7.21. The van der Waals surface area contributed by atoms with Crippen LogP contribution < -0.4 is 10.6 Å². The summed E-state index contributed by atoms with van der Waals surface area (Å²) in [5, 5.41) is 6.23. The number of halogens is 3. The molecule has 1 saturated carbocycles. The molecule has 3 aromatic rings. The molecule has 0 amide bonds. The summed E-state index contributed by atoms with van der Waals surface area (Å²) in [6.07, 6.45) is -4.79. The van der Waals surface area contributed by atoms with E-state index in [4.69, 9.17) is 18.0 Å². The van der Waals surface area contributed by atoms with E-state index in [-0.39, 0.29) is 45.6 Å². The first-order valence-electron chi connectivity index (χ1n) is 16.3. The van der Waals surface area contributed by atoms with Gasteiger partial charge in [-0.1, -0.05) is 67.5 Å². The van der Waals surface area contributed by atoms with Crippen LogP contribution in [0.4, 0.5) is 24.9 Å². The Morgan fingerprint density at radius 2 is 1.60 bits per heavy atom. The molecule has 9 nitrogen and oxygen atoms in total. The smallest absolute Gasteiger partial charge is 0.405 e. The van der Waals surface area contributed by atoms with Crippen LogP contribution in [0, 0.1) is 12.8 Å². The fourth-order valence-electron chi connectivity index (χ4n) is 6.90. The van der Waals surface area contributed by atoms with Gasteiger partial charge in [0.15, 0.2) is 5.78 Å². The number of Topliss-reactive ketones (excluding diaryl/α,β-unsaturated/α-hetero) is 1. The number of aromatic nitrogens is 3. The Labute approximate surface area is 280 Å². The number of ketones is 1. The molecule has 2 fully saturated rings. The van der Waals surface area contributed by atoms with Crippen LogP contribution in [0.2, 0.25) is 22.2 Å². The summed E-state index contributed by atoms with van der Waals surface area (Å²) in [5.74, 6) is -0.308. The summed E-state index contributed by atoms with van der Waals surface area (Å²) < 4.78 is 61.5. The maximum atomic E-state index is 14.3. The Balaban J connectivity index is 1.54. The van der Waals surface area contributed by atoms with Crippen LogP contribution in [0.1, 0.15) is 67.5 Å². The fraction of sp³-hybridized carbons (Fsp3) is 0.625. The van der Waals surface area contributed by atoms with Crippen molar-refractivity contribution in [2.45, 2.75) is 109 Å². The largest absolute Gasteiger partial charge is 0.414 e. The molecule has 3 heterocycles. The average Bonchev–Trinajstić information content (AvgIpc) is 3.51. The standard InChI is InChI=1S/C32H46F3N5O4SSi2/c1-17(2)46(18(3)4)42-15-22-14-24(27(41)28(22)43-47(44-46,19(5)6)20(7)8)38-29-26(30-39-23-12-10-11-13-25(23)45-30)21(9)37-31(40-29)36-16-32(33,34)35/h10-13,17-20,22,24,28H,14-16H2,1-9H3,(H2,36,37,38,40)/t22-,24-,28-/m1/s1. The average molecular weight is 710 g/mol. The fourth-order valence-corrected chi connectivity index (χ4v) is 19.2. The Morgan fingerprint density at radius 3 is 2.19 bits per heavy atom. The molecule has 0 spiro atoms. The van der Waals surface area contributed by atoms with Crippen LogP contribution in [0.3, 0.4) is 0 Å². The molecule has 1 aliphatic heterocycles. The highest BCUT2D eigenvalue weighted by Gasteiger charge is 2.61. The number of hydrogen-bond donors (Lipinski definition) is 2. The van der Waals surface area contributed by atoms with Gasteiger partial charge in [0.25, 0.3) is 0 Å². The number of carbonyl (C=O) groups excluding carboxylic acids is 1. The second-order valence-electron chi connectivity index (χ2n) is 13.9. The summed E-state index contributed by atoms with van der Waals surface area (Å²) >= 11 is 1.43. The van der Waals surface area contributed by atoms with Crippen LogP contribution in [0.15, 0.2) is 24.3 Å². The Kier molecular flexibility index (Phi) is 10.3. The third-order valence-corrected chi connectivity index (χ3v) is 20.6. The highest BCUT2D eigenvalue weighted by atomic mass is 32.1. The van der Waals surface area contributed by atoms with E-state index in [1.54, 1.807) is 6.92 Å². The second kappa shape index (κ2) is 13.5. The molecular formula is C32H46F3N5O4SSi2. The van der Waals surface area contributed by atoms with Crippen molar-refractivity contribution in [3.8, 4) is 10.6 Å². The molecule has 0 radical (unpaired) electrons. The lowest BCUT2D eigenvalue weighted by Crippen LogP contribution is -2.64. The third-order valence-electron chi connectivity index (χ3n) is 9.32. The summed E-state index contributed by atoms with van der Waals surface area (Å²) in [7, 11) is -5.81. The van der Waals surface area contributed by atoms with E-state index in [9.17, 15) is 18.0 Å². The van der Waals surface area contributed by atoms with E-state index in [0.717, 1.165) is 10.2 Å². The van der Waals surface area contributed by atoms with Crippen molar-refractivity contribution in [3.63, 3.8) is 0 Å². The predicted octanol–water partition coefficient (Wildman–Crippen LogP) is 8.36. The molecule has 1 aliphatic carbocycles. The number of hydrogen-bond acceptors (Lipinski definition) is 10. The van der Waals surface area contributed by atoms with E-state index >= 15 is 0 Å². The SMILES string of the molecule is Cc1nc(NCC(F)(F)F)nc(N[C@@H]2C[C@@H]3CO[Si](C(C)C)(C(C)C)O[Si](C(C)C)(C(C)C)O[C@H]3C2=O)c1-c1nc2ccccc2s1. The molecule has 258 valence electrons. The number of alkyl halides is 3. The van der Waals surface area contributed by atoms with Gasteiger partial charge in [-0.3, -0.25) is 4.79 Å². The normalized spacial score (nSPS) is 23.1. The molecule has 1 saturated heterocycles. The minimum atomic E-state index is -4.46. The molecule has 2 aromatic heterocycles. The molecule has 15 heteroatoms. The lowest BCUT2D eigenvalue weighted by atomic mass is 10.1. The van der Waals surface area contributed by atoms with Gasteiger partial charge < -0.3 is 23.6 Å². The van der Waals surface area contributed by atoms with Crippen LogP contribution >= 0.6 is 11.3 Å². The van der Waals surface area contributed by atoms with Crippen LogP contribution in [-0.2, 0) is 17.8 Å². The van der Waals surface area contributed by atoms with Gasteiger partial charge in [0, 0.05) is 12.5 Å². The van der Waals surface area contributed by atoms with E-state index in [1.165, 1.54) is 11.3 Å². The number of nitrogens with zero attached hydrogens (tertiary/aromatic N) is 3. The lowest BCUT2D eigenvalue weighted by Gasteiger charge is -2.51. The Morgan fingerprint density at radius 1 is 0.957 bits per heavy atom. The predicted molar refractivity (Wildman–Crippen MR) is 184 cm³/mol. The molecule has 0 unspecified atom stereocenters. The highest BCUT2D eigenvalue weighted by Crippen LogP contribution is 2.48. The van der Waals surface area contributed by atoms with Gasteiger partial charge in [-0.25, -0.2) is 9.97 Å². The lowest BCUT2D eigenvalue weighted by molar-refractivity contribution is -0.126. The number of aryl methyl sites for hydroxylation is 1. The minimum Gasteiger partial charge on any atom is -0.414 e. The molecule has 5 rings (SSSR count). The first kappa shape index (κ1) is 35.9. The number of rotatable bonds is 9. The minimum absolute atomic E-state index is 0.0615. The molecule has 1 aromatic carbocycles. The molecule has 0 bridgehead atoms. The summed E-state index contributed by atoms with van der Waals surface area (Å²) in [6.45, 7) is 17.8. The molecule has 3 atom stereocenters. The van der Waals surface area contributed by atoms with Gasteiger partial charge in [0.1, 0.15) is 23.5 Å². The first-order chi connectivity index (χ1) is 22.0. The van der Waals surface area contributed by atoms with Crippen LogP contribution in [0.25, 0.3) is 20.8 Å². The van der Waals surface area contributed by atoms with Gasteiger partial charge in [-0.15, -0.1) is 11.3 Å². The van der Waals surface area contributed by atoms with Crippen molar-refractivity contribution >= 4 is 56.2 Å². The van der Waals surface area contributed by atoms with Gasteiger partial charge in [0.2, 0.25) is 5.95 Å². The number of benzene rings is 1. The Hall–Kier alpha value is -2.44. The summed E-state index contributed by atoms with van der Waals surface area (Å²) in [6, 6.07) is 6.94. The Bertz CT molecular complexity index is 1550. The van der Waals surface area contributed by atoms with Gasteiger partial charge in [-0.05, 0) is 47.6 Å². The van der Waals surface area contributed by atoms with Crippen molar-refractivity contribution in [2.75, 3.05) is 23.8 Å². The van der Waals surface area contributed by atoms with Crippen molar-refractivity contribution in [2.24, 2.45) is 5.92 Å². The van der Waals surface area contributed by atoms with Crippen molar-refractivity contribution in [1.29, 1.82) is 0 Å². The zero-order valence-corrected chi connectivity index (χ0v) is 31.3. The molecule has 2 aliphatic rings. The number of fused-ring (bicyclic) bond motifs is 2. The van der Waals surface area contributed by atoms with E-state index < -0.39 is 42.0 Å². The van der Waals surface area contributed by atoms with E-state index in [0.29, 0.717) is 29.3 Å². The third kappa shape index (κ3) is 7.02. The van der Waals surface area contributed by atoms with Gasteiger partial charge >= 0.3 is 23.3 Å². The summed E-state index contributed by atoms with van der Waals surface area (Å²) in [5.41, 5.74) is 2.22. The van der Waals surface area contributed by atoms with Gasteiger partial charge in [0.05, 0.1) is 27.5 Å². The molecule has 47 heavy (non-hydrogen) atoms. The topological polar surface area (TPSA) is 107 Å². The number of thiazole rings is 1. The van der Waals surface area contributed by atoms with E-state index in [2.05, 4.69) is 76.0 Å². The number of nitrogens with one attached hydrogen (secondary N) is 2. The molecular weight excluding hydrogens is 664 g/mol. The zero-order chi connectivity index (χ0) is 34.5. The number of carbonyl (C=O) groups is 1. The van der Waals surface area contributed by atoms with Crippen LogP contribution in [-0.4, -0.2) is 69.3 Å². The maximum absolute atomic E-state index is 14.3. The summed E-state index contributed by atoms with van der Waals surface area (Å²) in [4.78, 5) is 27.9. The van der Waals surface area contributed by atoms with E-state index in [1.807, 2.05) is 24.3 Å². The quantitative estimate of drug-likeness (QED) is 0.212. The zero-order valence-electron chi connectivity index (χ0n) is 28.5. The molecule has 2 N–H and O–H groups in total. The van der Waals surface area contributed by atoms with Crippen molar-refractivity contribution in [3.05, 3.63) is 30.0 Å². The first-order valence-corrected chi connectivity index (χ1v) is 21.1.